The first kappa shape index (κ1) is 21.0. The van der Waals surface area contributed by atoms with Crippen molar-refractivity contribution in [2.45, 2.75) is 0 Å². The number of nitrogens with zero attached hydrogens (tertiary/aromatic N) is 3. The first-order valence-electron chi connectivity index (χ1n) is 9.75. The highest BCUT2D eigenvalue weighted by Crippen LogP contribution is 2.28. The van der Waals surface area contributed by atoms with Crippen LogP contribution >= 0.6 is 0 Å². The van der Waals surface area contributed by atoms with Gasteiger partial charge in [0.2, 0.25) is 10.0 Å². The number of rotatable bonds is 6. The van der Waals surface area contributed by atoms with Crippen molar-refractivity contribution < 1.29 is 13.2 Å². The number of para-hydroxylation sites is 1. The molecule has 0 aliphatic rings. The van der Waals surface area contributed by atoms with Gasteiger partial charge in [-0.3, -0.25) is 9.52 Å². The molecule has 0 aliphatic carbocycles. The van der Waals surface area contributed by atoms with Crippen LogP contribution in [-0.2, 0) is 10.0 Å². The molecule has 160 valence electrons. The Bertz CT molecular complexity index is 1420. The molecule has 0 saturated heterocycles. The predicted molar refractivity (Wildman–Crippen MR) is 124 cm³/mol. The fraction of sp³-hybridized carbons (Fsp3) is 0.227. The molecule has 0 spiro atoms. The number of carbonyl (C=O) groups excluding carboxylic acids is 1. The zero-order valence-corrected chi connectivity index (χ0v) is 18.3. The van der Waals surface area contributed by atoms with E-state index >= 15 is 0 Å². The zero-order valence-electron chi connectivity index (χ0n) is 17.5. The SMILES string of the molecule is CN(C)CCNC(=O)c1cccc2nc3ccc4cc(NS(C)(=O)=O)ccc4c3nc12. The van der Waals surface area contributed by atoms with Crippen LogP contribution in [0.5, 0.6) is 0 Å². The van der Waals surface area contributed by atoms with Crippen LogP contribution in [0.15, 0.2) is 48.5 Å². The number of likely N-dealkylation sites (N-methyl/N-ethyl adjacent to an activating group) is 1. The largest absolute Gasteiger partial charge is 0.351 e. The molecule has 1 aromatic heterocycles. The lowest BCUT2D eigenvalue weighted by atomic mass is 10.1. The second-order valence-electron chi connectivity index (χ2n) is 7.70. The van der Waals surface area contributed by atoms with Crippen LogP contribution in [0.25, 0.3) is 32.8 Å². The number of nitrogens with one attached hydrogen (secondary N) is 2. The third-order valence-electron chi connectivity index (χ3n) is 4.84. The van der Waals surface area contributed by atoms with Crippen molar-refractivity contribution in [2.75, 3.05) is 38.2 Å². The summed E-state index contributed by atoms with van der Waals surface area (Å²) in [5.74, 6) is -0.194. The fourth-order valence-corrected chi connectivity index (χ4v) is 3.99. The molecule has 0 fully saturated rings. The minimum atomic E-state index is -3.37. The molecule has 2 N–H and O–H groups in total. The number of hydrogen-bond acceptors (Lipinski definition) is 6. The summed E-state index contributed by atoms with van der Waals surface area (Å²) in [4.78, 5) is 24.3. The Morgan fingerprint density at radius 2 is 1.77 bits per heavy atom. The van der Waals surface area contributed by atoms with Gasteiger partial charge in [-0.1, -0.05) is 18.2 Å². The van der Waals surface area contributed by atoms with Crippen LogP contribution in [0.2, 0.25) is 0 Å². The van der Waals surface area contributed by atoms with Gasteiger partial charge >= 0.3 is 0 Å². The number of aromatic nitrogens is 2. The second-order valence-corrected chi connectivity index (χ2v) is 9.45. The molecule has 31 heavy (non-hydrogen) atoms. The van der Waals surface area contributed by atoms with Crippen molar-refractivity contribution in [3.8, 4) is 0 Å². The van der Waals surface area contributed by atoms with E-state index in [2.05, 4.69) is 10.0 Å². The number of fused-ring (bicyclic) bond motifs is 4. The molecule has 0 saturated carbocycles. The molecule has 3 aromatic carbocycles. The van der Waals surface area contributed by atoms with E-state index in [1.165, 1.54) is 0 Å². The molecular formula is C22H23N5O3S. The monoisotopic (exact) mass is 437 g/mol. The second kappa shape index (κ2) is 8.09. The molecule has 8 nitrogen and oxygen atoms in total. The summed E-state index contributed by atoms with van der Waals surface area (Å²) < 4.78 is 25.6. The Hall–Kier alpha value is -3.30. The van der Waals surface area contributed by atoms with Crippen LogP contribution < -0.4 is 10.0 Å². The number of hydrogen-bond donors (Lipinski definition) is 2. The quantitative estimate of drug-likeness (QED) is 0.355. The molecule has 1 heterocycles. The summed E-state index contributed by atoms with van der Waals surface area (Å²) >= 11 is 0. The van der Waals surface area contributed by atoms with E-state index in [1.54, 1.807) is 24.3 Å². The highest BCUT2D eigenvalue weighted by molar-refractivity contribution is 7.92. The minimum absolute atomic E-state index is 0.194. The Morgan fingerprint density at radius 3 is 2.52 bits per heavy atom. The molecule has 4 aromatic rings. The van der Waals surface area contributed by atoms with E-state index in [-0.39, 0.29) is 5.91 Å². The summed E-state index contributed by atoms with van der Waals surface area (Å²) in [6, 6.07) is 14.4. The van der Waals surface area contributed by atoms with Gasteiger partial charge in [0, 0.05) is 24.2 Å². The lowest BCUT2D eigenvalue weighted by molar-refractivity contribution is 0.0952. The zero-order chi connectivity index (χ0) is 22.2. The van der Waals surface area contributed by atoms with Gasteiger partial charge in [0.15, 0.2) is 0 Å². The van der Waals surface area contributed by atoms with Gasteiger partial charge in [-0.15, -0.1) is 0 Å². The van der Waals surface area contributed by atoms with E-state index in [1.807, 2.05) is 43.3 Å². The van der Waals surface area contributed by atoms with Crippen LogP contribution in [0.1, 0.15) is 10.4 Å². The van der Waals surface area contributed by atoms with E-state index < -0.39 is 10.0 Å². The maximum atomic E-state index is 12.8. The third kappa shape index (κ3) is 4.57. The molecule has 0 unspecified atom stereocenters. The molecule has 0 atom stereocenters. The van der Waals surface area contributed by atoms with E-state index in [4.69, 9.17) is 9.97 Å². The summed E-state index contributed by atoms with van der Waals surface area (Å²) in [5.41, 5.74) is 3.48. The van der Waals surface area contributed by atoms with E-state index in [9.17, 15) is 13.2 Å². The summed E-state index contributed by atoms with van der Waals surface area (Å²) in [5, 5.41) is 4.57. The Balaban J connectivity index is 1.81. The molecule has 4 rings (SSSR count). The van der Waals surface area contributed by atoms with Crippen molar-refractivity contribution in [1.29, 1.82) is 0 Å². The van der Waals surface area contributed by atoms with Gasteiger partial charge in [0.25, 0.3) is 5.91 Å². The normalized spacial score (nSPS) is 12.0. The highest BCUT2D eigenvalue weighted by atomic mass is 32.2. The molecule has 0 radical (unpaired) electrons. The van der Waals surface area contributed by atoms with Crippen LogP contribution in [0.3, 0.4) is 0 Å². The first-order valence-corrected chi connectivity index (χ1v) is 11.6. The predicted octanol–water partition coefficient (Wildman–Crippen LogP) is 2.60. The van der Waals surface area contributed by atoms with Crippen LogP contribution in [0.4, 0.5) is 5.69 Å². The van der Waals surface area contributed by atoms with Gasteiger partial charge in [-0.25, -0.2) is 18.4 Å². The Kier molecular flexibility index (Phi) is 5.47. The topological polar surface area (TPSA) is 104 Å². The van der Waals surface area contributed by atoms with Gasteiger partial charge in [0.1, 0.15) is 5.52 Å². The maximum absolute atomic E-state index is 12.8. The smallest absolute Gasteiger partial charge is 0.253 e. The number of sulfonamides is 1. The van der Waals surface area contributed by atoms with Crippen molar-refractivity contribution in [1.82, 2.24) is 20.2 Å². The van der Waals surface area contributed by atoms with Crippen molar-refractivity contribution in [2.24, 2.45) is 0 Å². The van der Waals surface area contributed by atoms with Gasteiger partial charge in [0.05, 0.1) is 28.4 Å². The van der Waals surface area contributed by atoms with E-state index in [0.717, 1.165) is 23.6 Å². The van der Waals surface area contributed by atoms with E-state index in [0.29, 0.717) is 39.9 Å². The average molecular weight is 438 g/mol. The summed E-state index contributed by atoms with van der Waals surface area (Å²) in [7, 11) is 0.525. The van der Waals surface area contributed by atoms with Crippen molar-refractivity contribution >= 4 is 54.5 Å². The number of benzene rings is 3. The number of carbonyl (C=O) groups is 1. The highest BCUT2D eigenvalue weighted by Gasteiger charge is 2.14. The Morgan fingerprint density at radius 1 is 1.00 bits per heavy atom. The average Bonchev–Trinajstić information content (AvgIpc) is 2.70. The van der Waals surface area contributed by atoms with Gasteiger partial charge in [-0.05, 0) is 49.8 Å². The molecule has 0 bridgehead atoms. The first-order chi connectivity index (χ1) is 14.7. The summed E-state index contributed by atoms with van der Waals surface area (Å²) in [6.45, 7) is 1.27. The lowest BCUT2D eigenvalue weighted by Crippen LogP contribution is -2.31. The number of anilines is 1. The standard InChI is InChI=1S/C22H23N5O3S/c1-27(2)12-11-23-22(28)17-5-4-6-18-21(17)25-20-16-9-8-15(26-31(3,29)30)13-14(16)7-10-19(20)24-18/h4-10,13,26H,11-12H2,1-3H3,(H,23,28). The van der Waals surface area contributed by atoms with Crippen molar-refractivity contribution in [3.05, 3.63) is 54.1 Å². The van der Waals surface area contributed by atoms with Crippen LogP contribution in [0, 0.1) is 0 Å². The Labute approximate surface area is 180 Å². The fourth-order valence-electron chi connectivity index (χ4n) is 3.44. The van der Waals surface area contributed by atoms with Gasteiger partial charge < -0.3 is 10.2 Å². The molecular weight excluding hydrogens is 414 g/mol. The van der Waals surface area contributed by atoms with Crippen molar-refractivity contribution in [3.63, 3.8) is 0 Å². The molecule has 9 heteroatoms. The lowest BCUT2D eigenvalue weighted by Gasteiger charge is -2.12. The molecule has 0 aliphatic heterocycles. The minimum Gasteiger partial charge on any atom is -0.351 e. The van der Waals surface area contributed by atoms with Gasteiger partial charge in [-0.2, -0.15) is 0 Å². The third-order valence-corrected chi connectivity index (χ3v) is 5.45. The van der Waals surface area contributed by atoms with Crippen LogP contribution in [-0.4, -0.2) is 62.6 Å². The maximum Gasteiger partial charge on any atom is 0.253 e. The molecule has 1 amide bonds. The summed E-state index contributed by atoms with van der Waals surface area (Å²) in [6.07, 6.45) is 1.11. The number of amides is 1.